The van der Waals surface area contributed by atoms with Gasteiger partial charge in [-0.1, -0.05) is 27.7 Å². The lowest BCUT2D eigenvalue weighted by Crippen LogP contribution is -2.48. The molecule has 19 heavy (non-hydrogen) atoms. The number of hydrogen-bond acceptors (Lipinski definition) is 2. The van der Waals surface area contributed by atoms with Gasteiger partial charge in [-0.05, 0) is 18.8 Å². The summed E-state index contributed by atoms with van der Waals surface area (Å²) in [6.45, 7) is 9.28. The van der Waals surface area contributed by atoms with Gasteiger partial charge in [-0.25, -0.2) is 4.79 Å². The number of carbonyl (C=O) groups excluding carboxylic acids is 1. The Morgan fingerprint density at radius 3 is 2.05 bits per heavy atom. The van der Waals surface area contributed by atoms with Crippen molar-refractivity contribution >= 4 is 12.0 Å². The predicted molar refractivity (Wildman–Crippen MR) is 76.2 cm³/mol. The third-order valence-electron chi connectivity index (χ3n) is 3.18. The van der Waals surface area contributed by atoms with Crippen molar-refractivity contribution in [3.63, 3.8) is 0 Å². The molecule has 0 aliphatic rings. The molecule has 0 unspecified atom stereocenters. The van der Waals surface area contributed by atoms with Gasteiger partial charge in [0.2, 0.25) is 0 Å². The number of nitrogens with zero attached hydrogens (tertiary/aromatic N) is 2. The van der Waals surface area contributed by atoms with Crippen LogP contribution in [0.4, 0.5) is 4.79 Å². The van der Waals surface area contributed by atoms with Gasteiger partial charge >= 0.3 is 12.0 Å². The van der Waals surface area contributed by atoms with Crippen LogP contribution in [0.5, 0.6) is 0 Å². The van der Waals surface area contributed by atoms with E-state index in [0.29, 0.717) is 12.5 Å². The van der Waals surface area contributed by atoms with Crippen LogP contribution in [0.15, 0.2) is 0 Å². The molecule has 0 aromatic heterocycles. The molecule has 0 saturated carbocycles. The quantitative estimate of drug-likeness (QED) is 0.739. The summed E-state index contributed by atoms with van der Waals surface area (Å²) in [5.41, 5.74) is 0. The van der Waals surface area contributed by atoms with Gasteiger partial charge in [-0.3, -0.25) is 4.79 Å². The van der Waals surface area contributed by atoms with E-state index < -0.39 is 5.97 Å². The third-order valence-corrected chi connectivity index (χ3v) is 3.18. The maximum atomic E-state index is 12.4. The van der Waals surface area contributed by atoms with E-state index in [2.05, 4.69) is 27.7 Å². The molecule has 0 saturated heterocycles. The highest BCUT2D eigenvalue weighted by atomic mass is 16.4. The minimum atomic E-state index is -0.877. The van der Waals surface area contributed by atoms with Crippen LogP contribution in [0, 0.1) is 5.92 Å². The Kier molecular flexibility index (Phi) is 8.19. The molecule has 0 rings (SSSR count). The van der Waals surface area contributed by atoms with Gasteiger partial charge in [0.25, 0.3) is 0 Å². The minimum absolute atomic E-state index is 0.0132. The van der Waals surface area contributed by atoms with E-state index in [1.54, 1.807) is 7.05 Å². The molecule has 0 aromatic rings. The zero-order valence-electron chi connectivity index (χ0n) is 12.8. The average molecular weight is 272 g/mol. The zero-order chi connectivity index (χ0) is 15.0. The molecule has 0 heterocycles. The molecule has 2 amide bonds. The average Bonchev–Trinajstić information content (AvgIpc) is 2.34. The molecular weight excluding hydrogens is 244 g/mol. The van der Waals surface area contributed by atoms with Crippen molar-refractivity contribution in [2.45, 2.75) is 53.0 Å². The Labute approximate surface area is 116 Å². The van der Waals surface area contributed by atoms with Crippen molar-refractivity contribution in [1.29, 1.82) is 0 Å². The van der Waals surface area contributed by atoms with Crippen LogP contribution in [0.25, 0.3) is 0 Å². The molecular formula is C14H28N2O3. The summed E-state index contributed by atoms with van der Waals surface area (Å²) in [6.07, 6.45) is 1.82. The highest BCUT2D eigenvalue weighted by Crippen LogP contribution is 2.14. The summed E-state index contributed by atoms with van der Waals surface area (Å²) >= 11 is 0. The largest absolute Gasteiger partial charge is 0.481 e. The fourth-order valence-electron chi connectivity index (χ4n) is 2.08. The van der Waals surface area contributed by atoms with Crippen LogP contribution >= 0.6 is 0 Å². The van der Waals surface area contributed by atoms with Gasteiger partial charge in [-0.15, -0.1) is 0 Å². The Balaban J connectivity index is 4.73. The van der Waals surface area contributed by atoms with Crippen molar-refractivity contribution in [1.82, 2.24) is 9.80 Å². The first-order valence-electron chi connectivity index (χ1n) is 7.06. The van der Waals surface area contributed by atoms with Crippen LogP contribution < -0.4 is 0 Å². The second kappa shape index (κ2) is 8.77. The first-order chi connectivity index (χ1) is 8.83. The van der Waals surface area contributed by atoms with Crippen molar-refractivity contribution in [2.75, 3.05) is 20.1 Å². The lowest BCUT2D eigenvalue weighted by Gasteiger charge is -2.35. The van der Waals surface area contributed by atoms with E-state index in [1.165, 1.54) is 4.90 Å². The SMILES string of the molecule is CCC(CC)N(CC(C)C)C(=O)N(C)CCC(=O)O. The molecule has 0 aliphatic carbocycles. The summed E-state index contributed by atoms with van der Waals surface area (Å²) < 4.78 is 0. The van der Waals surface area contributed by atoms with Gasteiger partial charge in [0, 0.05) is 26.2 Å². The Morgan fingerprint density at radius 1 is 1.16 bits per heavy atom. The second-order valence-corrected chi connectivity index (χ2v) is 5.36. The topological polar surface area (TPSA) is 60.9 Å². The molecule has 5 nitrogen and oxygen atoms in total. The molecule has 0 aromatic carbocycles. The summed E-state index contributed by atoms with van der Waals surface area (Å²) in [5, 5.41) is 8.68. The molecule has 0 radical (unpaired) electrons. The Bertz CT molecular complexity index is 288. The predicted octanol–water partition coefficient (Wildman–Crippen LogP) is 2.66. The normalized spacial score (nSPS) is 10.9. The lowest BCUT2D eigenvalue weighted by atomic mass is 10.1. The van der Waals surface area contributed by atoms with Crippen LogP contribution in [0.3, 0.4) is 0 Å². The van der Waals surface area contributed by atoms with Crippen molar-refractivity contribution in [3.8, 4) is 0 Å². The molecule has 112 valence electrons. The molecule has 5 heteroatoms. The van der Waals surface area contributed by atoms with Gasteiger partial charge in [0.15, 0.2) is 0 Å². The molecule has 0 spiro atoms. The number of carboxylic acid groups (broad SMARTS) is 1. The molecule has 0 fully saturated rings. The zero-order valence-corrected chi connectivity index (χ0v) is 12.8. The van der Waals surface area contributed by atoms with Gasteiger partial charge in [0.1, 0.15) is 0 Å². The standard InChI is InChI=1S/C14H28N2O3/c1-6-12(7-2)16(10-11(3)4)14(19)15(5)9-8-13(17)18/h11-12H,6-10H2,1-5H3,(H,17,18). The maximum Gasteiger partial charge on any atom is 0.320 e. The summed E-state index contributed by atoms with van der Waals surface area (Å²) in [6, 6.07) is 0.158. The highest BCUT2D eigenvalue weighted by molar-refractivity contribution is 5.75. The smallest absolute Gasteiger partial charge is 0.320 e. The molecule has 0 aliphatic heterocycles. The number of rotatable bonds is 8. The van der Waals surface area contributed by atoms with E-state index in [-0.39, 0.29) is 25.0 Å². The van der Waals surface area contributed by atoms with Crippen molar-refractivity contribution in [3.05, 3.63) is 0 Å². The lowest BCUT2D eigenvalue weighted by molar-refractivity contribution is -0.137. The summed E-state index contributed by atoms with van der Waals surface area (Å²) in [5.74, 6) is -0.477. The van der Waals surface area contributed by atoms with Gasteiger partial charge in [0.05, 0.1) is 6.42 Å². The molecule has 1 N–H and O–H groups in total. The van der Waals surface area contributed by atoms with Gasteiger partial charge < -0.3 is 14.9 Å². The van der Waals surface area contributed by atoms with Crippen LogP contribution in [0.1, 0.15) is 47.0 Å². The van der Waals surface area contributed by atoms with E-state index in [4.69, 9.17) is 5.11 Å². The van der Waals surface area contributed by atoms with Crippen molar-refractivity contribution in [2.24, 2.45) is 5.92 Å². The first-order valence-corrected chi connectivity index (χ1v) is 7.06. The van der Waals surface area contributed by atoms with Crippen LogP contribution in [-0.2, 0) is 4.79 Å². The summed E-state index contributed by atoms with van der Waals surface area (Å²) in [4.78, 5) is 26.4. The van der Waals surface area contributed by atoms with Crippen LogP contribution in [-0.4, -0.2) is 53.1 Å². The maximum absolute atomic E-state index is 12.4. The first kappa shape index (κ1) is 17.7. The van der Waals surface area contributed by atoms with Crippen LogP contribution in [0.2, 0.25) is 0 Å². The Hall–Kier alpha value is -1.26. The number of amides is 2. The minimum Gasteiger partial charge on any atom is -0.481 e. The monoisotopic (exact) mass is 272 g/mol. The van der Waals surface area contributed by atoms with E-state index in [9.17, 15) is 9.59 Å². The number of hydrogen-bond donors (Lipinski definition) is 1. The third kappa shape index (κ3) is 6.45. The highest BCUT2D eigenvalue weighted by Gasteiger charge is 2.24. The van der Waals surface area contributed by atoms with E-state index in [1.807, 2.05) is 4.90 Å². The number of carboxylic acids is 1. The van der Waals surface area contributed by atoms with E-state index in [0.717, 1.165) is 12.8 Å². The summed E-state index contributed by atoms with van der Waals surface area (Å²) in [7, 11) is 1.67. The number of urea groups is 1. The Morgan fingerprint density at radius 2 is 1.68 bits per heavy atom. The molecule has 0 atom stereocenters. The van der Waals surface area contributed by atoms with E-state index >= 15 is 0 Å². The molecule has 0 bridgehead atoms. The fraction of sp³-hybridized carbons (Fsp3) is 0.857. The van der Waals surface area contributed by atoms with Gasteiger partial charge in [-0.2, -0.15) is 0 Å². The fourth-order valence-corrected chi connectivity index (χ4v) is 2.08. The number of aliphatic carboxylic acids is 1. The second-order valence-electron chi connectivity index (χ2n) is 5.36. The van der Waals surface area contributed by atoms with Crippen molar-refractivity contribution < 1.29 is 14.7 Å². The number of carbonyl (C=O) groups is 2.